The molecule has 12 heteroatoms. The number of nitrogens with one attached hydrogen (secondary N) is 1. The second-order valence-corrected chi connectivity index (χ2v) is 10.7. The average molecular weight is 498 g/mol. The minimum Gasteiger partial charge on any atom is -0.390 e. The monoisotopic (exact) mass is 497 g/mol. The summed E-state index contributed by atoms with van der Waals surface area (Å²) in [5.41, 5.74) is 0.377. The molecule has 180 valence electrons. The molecule has 0 radical (unpaired) electrons. The Morgan fingerprint density at radius 3 is 2.70 bits per heavy atom. The predicted octanol–water partition coefficient (Wildman–Crippen LogP) is 2.25. The largest absolute Gasteiger partial charge is 0.390 e. The van der Waals surface area contributed by atoms with Crippen LogP contribution in [0.4, 0.5) is 5.13 Å². The minimum absolute atomic E-state index is 0.0189. The quantitative estimate of drug-likeness (QED) is 0.370. The van der Waals surface area contributed by atoms with Crippen molar-refractivity contribution in [2.75, 3.05) is 39.4 Å². The third-order valence-corrected chi connectivity index (χ3v) is 7.85. The van der Waals surface area contributed by atoms with Gasteiger partial charge in [-0.1, -0.05) is 28.6 Å². The zero-order valence-electron chi connectivity index (χ0n) is 18.6. The highest BCUT2D eigenvalue weighted by molar-refractivity contribution is 7.92. The maximum atomic E-state index is 13.0. The Balaban J connectivity index is 1.83. The van der Waals surface area contributed by atoms with Crippen molar-refractivity contribution < 1.29 is 32.3 Å². The van der Waals surface area contributed by atoms with E-state index in [1.807, 2.05) is 0 Å². The van der Waals surface area contributed by atoms with E-state index in [4.69, 9.17) is 19.0 Å². The molecule has 2 aromatic rings. The van der Waals surface area contributed by atoms with Crippen molar-refractivity contribution in [1.29, 1.82) is 0 Å². The van der Waals surface area contributed by atoms with E-state index in [2.05, 4.69) is 15.5 Å². The Labute approximate surface area is 196 Å². The van der Waals surface area contributed by atoms with E-state index in [9.17, 15) is 13.2 Å². The second kappa shape index (κ2) is 11.7. The van der Waals surface area contributed by atoms with Crippen LogP contribution in [0.5, 0.6) is 0 Å². The molecule has 1 fully saturated rings. The molecule has 10 nitrogen and oxygen atoms in total. The molecule has 0 bridgehead atoms. The fourth-order valence-corrected chi connectivity index (χ4v) is 5.48. The number of aromatic nitrogens is 1. The van der Waals surface area contributed by atoms with E-state index < -0.39 is 27.1 Å². The van der Waals surface area contributed by atoms with Crippen molar-refractivity contribution in [3.05, 3.63) is 40.9 Å². The first-order chi connectivity index (χ1) is 15.8. The SMILES string of the molecule is COCc1cnc(NC(=O)C(=NO[C@H](C)COC)c2ccc(S(=O)(=O)[C@H]3CCOC3)cc2)s1. The van der Waals surface area contributed by atoms with Gasteiger partial charge in [0, 0.05) is 32.6 Å². The molecule has 1 N–H and O–H groups in total. The standard InChI is InChI=1S/C21H27N3O7S2/c1-14(11-28-2)31-24-19(20(25)23-21-22-10-16(32-21)12-29-3)15-4-6-17(7-5-15)33(26,27)18-8-9-30-13-18/h4-7,10,14,18H,8-9,11-13H2,1-3H3,(H,22,23,25)/t14-,18+/m1/s1. The maximum absolute atomic E-state index is 13.0. The van der Waals surface area contributed by atoms with E-state index in [0.717, 1.165) is 4.88 Å². The van der Waals surface area contributed by atoms with E-state index >= 15 is 0 Å². The zero-order chi connectivity index (χ0) is 23.8. The van der Waals surface area contributed by atoms with Crippen LogP contribution in [0.3, 0.4) is 0 Å². The zero-order valence-corrected chi connectivity index (χ0v) is 20.3. The fraction of sp³-hybridized carbons (Fsp3) is 0.476. The molecule has 1 aromatic heterocycles. The van der Waals surface area contributed by atoms with Gasteiger partial charge >= 0.3 is 0 Å². The van der Waals surface area contributed by atoms with Crippen LogP contribution in [-0.4, -0.2) is 70.4 Å². The van der Waals surface area contributed by atoms with E-state index in [-0.39, 0.29) is 23.8 Å². The lowest BCUT2D eigenvalue weighted by Gasteiger charge is -2.12. The summed E-state index contributed by atoms with van der Waals surface area (Å²) in [6, 6.07) is 5.99. The van der Waals surface area contributed by atoms with Gasteiger partial charge in [-0.2, -0.15) is 0 Å². The van der Waals surface area contributed by atoms with Crippen molar-refractivity contribution in [3.8, 4) is 0 Å². The third kappa shape index (κ3) is 6.58. The highest BCUT2D eigenvalue weighted by atomic mass is 32.2. The van der Waals surface area contributed by atoms with Crippen LogP contribution in [0.15, 0.2) is 40.5 Å². The Hall–Kier alpha value is -2.38. The molecule has 0 saturated carbocycles. The molecular weight excluding hydrogens is 470 g/mol. The van der Waals surface area contributed by atoms with Crippen LogP contribution >= 0.6 is 11.3 Å². The average Bonchev–Trinajstić information content (AvgIpc) is 3.48. The maximum Gasteiger partial charge on any atom is 0.280 e. The Morgan fingerprint density at radius 2 is 2.06 bits per heavy atom. The van der Waals surface area contributed by atoms with Gasteiger partial charge in [0.2, 0.25) is 0 Å². The third-order valence-electron chi connectivity index (χ3n) is 4.78. The molecule has 1 aliphatic rings. The number of benzene rings is 1. The second-order valence-electron chi connectivity index (χ2n) is 7.39. The number of thiazole rings is 1. The van der Waals surface area contributed by atoms with Gasteiger partial charge in [0.1, 0.15) is 6.10 Å². The summed E-state index contributed by atoms with van der Waals surface area (Å²) in [6.45, 7) is 3.03. The number of amides is 1. The molecule has 1 saturated heterocycles. The number of hydrogen-bond donors (Lipinski definition) is 1. The summed E-state index contributed by atoms with van der Waals surface area (Å²) < 4.78 is 40.9. The summed E-state index contributed by atoms with van der Waals surface area (Å²) in [4.78, 5) is 23.6. The molecule has 0 aliphatic carbocycles. The van der Waals surface area contributed by atoms with Gasteiger partial charge in [0.25, 0.3) is 5.91 Å². The lowest BCUT2D eigenvalue weighted by molar-refractivity contribution is -0.110. The highest BCUT2D eigenvalue weighted by Crippen LogP contribution is 2.23. The van der Waals surface area contributed by atoms with Gasteiger partial charge in [-0.3, -0.25) is 10.1 Å². The molecule has 2 heterocycles. The van der Waals surface area contributed by atoms with Crippen molar-refractivity contribution in [2.24, 2.45) is 5.16 Å². The summed E-state index contributed by atoms with van der Waals surface area (Å²) >= 11 is 1.28. The van der Waals surface area contributed by atoms with Crippen molar-refractivity contribution in [2.45, 2.75) is 36.2 Å². The number of carbonyl (C=O) groups is 1. The predicted molar refractivity (Wildman–Crippen MR) is 123 cm³/mol. The summed E-state index contributed by atoms with van der Waals surface area (Å²) in [6.07, 6.45) is 1.68. The molecule has 2 atom stereocenters. The topological polar surface area (TPSA) is 125 Å². The molecule has 1 aliphatic heterocycles. The minimum atomic E-state index is -3.52. The number of oxime groups is 1. The van der Waals surface area contributed by atoms with Gasteiger partial charge in [-0.05, 0) is 25.5 Å². The van der Waals surface area contributed by atoms with E-state index in [0.29, 0.717) is 30.3 Å². The molecule has 1 amide bonds. The van der Waals surface area contributed by atoms with Crippen LogP contribution in [-0.2, 0) is 40.3 Å². The van der Waals surface area contributed by atoms with Crippen LogP contribution < -0.4 is 5.32 Å². The molecule has 0 unspecified atom stereocenters. The number of sulfone groups is 1. The smallest absolute Gasteiger partial charge is 0.280 e. The van der Waals surface area contributed by atoms with E-state index in [1.54, 1.807) is 20.2 Å². The van der Waals surface area contributed by atoms with Crippen LogP contribution in [0.1, 0.15) is 23.8 Å². The van der Waals surface area contributed by atoms with Crippen molar-refractivity contribution in [1.82, 2.24) is 4.98 Å². The van der Waals surface area contributed by atoms with Gasteiger partial charge in [0.05, 0.1) is 34.8 Å². The van der Waals surface area contributed by atoms with Crippen LogP contribution in [0, 0.1) is 0 Å². The number of anilines is 1. The van der Waals surface area contributed by atoms with Gasteiger partial charge < -0.3 is 19.0 Å². The van der Waals surface area contributed by atoms with Gasteiger partial charge in [-0.25, -0.2) is 13.4 Å². The van der Waals surface area contributed by atoms with Crippen LogP contribution in [0.2, 0.25) is 0 Å². The first-order valence-corrected chi connectivity index (χ1v) is 12.6. The Kier molecular flexibility index (Phi) is 8.92. The molecule has 33 heavy (non-hydrogen) atoms. The number of nitrogens with zero attached hydrogens (tertiary/aromatic N) is 2. The molecule has 1 aromatic carbocycles. The Morgan fingerprint density at radius 1 is 1.30 bits per heavy atom. The molecule has 3 rings (SSSR count). The first-order valence-electron chi connectivity index (χ1n) is 10.2. The molecular formula is C21H27N3O7S2. The van der Waals surface area contributed by atoms with Gasteiger partial charge in [-0.15, -0.1) is 0 Å². The lowest BCUT2D eigenvalue weighted by atomic mass is 10.1. The fourth-order valence-electron chi connectivity index (χ4n) is 3.12. The summed E-state index contributed by atoms with van der Waals surface area (Å²) in [5.74, 6) is -0.544. The number of methoxy groups -OCH3 is 2. The lowest BCUT2D eigenvalue weighted by Crippen LogP contribution is -2.26. The summed E-state index contributed by atoms with van der Waals surface area (Å²) in [7, 11) is -0.411. The van der Waals surface area contributed by atoms with E-state index in [1.165, 1.54) is 42.7 Å². The Bertz CT molecular complexity index is 1060. The van der Waals surface area contributed by atoms with Crippen LogP contribution in [0.25, 0.3) is 0 Å². The normalized spacial score (nSPS) is 17.7. The molecule has 0 spiro atoms. The number of hydrogen-bond acceptors (Lipinski definition) is 10. The van der Waals surface area contributed by atoms with Crippen molar-refractivity contribution in [3.63, 3.8) is 0 Å². The number of carbonyl (C=O) groups excluding carboxylic acids is 1. The van der Waals surface area contributed by atoms with Gasteiger partial charge in [0.15, 0.2) is 20.7 Å². The summed E-state index contributed by atoms with van der Waals surface area (Å²) in [5, 5.41) is 6.54. The number of ether oxygens (including phenoxy) is 3. The highest BCUT2D eigenvalue weighted by Gasteiger charge is 2.31. The first kappa shape index (κ1) is 25.2. The van der Waals surface area contributed by atoms with Crippen molar-refractivity contribution >= 4 is 37.9 Å². The number of rotatable bonds is 11.